The number of ketones is 2. The Morgan fingerprint density at radius 2 is 0.917 bits per heavy atom. The number of amides is 2. The number of halogens is 3. The first-order chi connectivity index (χ1) is 28.9. The molecular weight excluding hydrogens is 832 g/mol. The third kappa shape index (κ3) is 10.2. The van der Waals surface area contributed by atoms with Crippen molar-refractivity contribution in [3.63, 3.8) is 0 Å². The van der Waals surface area contributed by atoms with Crippen molar-refractivity contribution in [2.24, 2.45) is 0 Å². The van der Waals surface area contributed by atoms with Crippen molar-refractivity contribution >= 4 is 56.4 Å². The molecule has 3 aliphatic rings. The van der Waals surface area contributed by atoms with E-state index in [0.717, 1.165) is 31.6 Å². The predicted molar refractivity (Wildman–Crippen MR) is 230 cm³/mol. The first kappa shape index (κ1) is 43.5. The molecule has 0 N–H and O–H groups in total. The number of carbonyl (C=O) groups excluding carboxylic acids is 4. The van der Waals surface area contributed by atoms with Crippen molar-refractivity contribution < 1.29 is 28.0 Å². The van der Waals surface area contributed by atoms with E-state index in [1.807, 2.05) is 21.9 Å². The van der Waals surface area contributed by atoms with E-state index >= 15 is 0 Å². The minimum absolute atomic E-state index is 0.0848. The zero-order chi connectivity index (χ0) is 42.9. The highest BCUT2D eigenvalue weighted by molar-refractivity contribution is 9.10. The maximum atomic E-state index is 14.6. The molecule has 0 spiro atoms. The number of carbonyl (C=O) groups is 4. The highest BCUT2D eigenvalue weighted by Crippen LogP contribution is 2.29. The molecule has 0 unspecified atom stereocenters. The van der Waals surface area contributed by atoms with Crippen LogP contribution in [0.3, 0.4) is 0 Å². The molecule has 0 bridgehead atoms. The SMILES string of the molecule is CC(=O)c1ccc(N2CCN(C(=O)c3cc(C#N)ccc3Br)CC2)c(F)c1.CC(=O)c1ccc(N2CCN(C(=O)c3cc(C#N)ccc3N3CCCCCC3)CC2)c(F)c1. The molecule has 0 saturated carbocycles. The standard InChI is InChI=1S/C26H29FN4O2.C20H17BrFN3O2/c1-19(32)21-7-9-25(23(27)17-21)30-12-14-31(15-13-30)26(33)22-16-20(18-28)6-8-24(22)29-10-4-2-3-5-11-29;1-13(26)15-3-5-19(18(22)11-15)24-6-8-25(9-7-24)20(27)16-10-14(12-23)2-4-17(16)21/h6-9,16-17H,2-5,10-15H2,1H3;2-5,10-11H,6-9H2,1H3. The van der Waals surface area contributed by atoms with Crippen molar-refractivity contribution in [1.82, 2.24) is 9.80 Å². The second kappa shape index (κ2) is 19.8. The summed E-state index contributed by atoms with van der Waals surface area (Å²) in [6, 6.07) is 23.5. The van der Waals surface area contributed by atoms with E-state index in [2.05, 4.69) is 26.9 Å². The fourth-order valence-electron chi connectivity index (χ4n) is 7.73. The molecule has 3 saturated heterocycles. The number of nitriles is 2. The van der Waals surface area contributed by atoms with Gasteiger partial charge in [0.25, 0.3) is 11.8 Å². The Morgan fingerprint density at radius 3 is 1.35 bits per heavy atom. The summed E-state index contributed by atoms with van der Waals surface area (Å²) in [4.78, 5) is 58.7. The second-order valence-electron chi connectivity index (χ2n) is 15.1. The Labute approximate surface area is 357 Å². The van der Waals surface area contributed by atoms with Gasteiger partial charge in [-0.15, -0.1) is 0 Å². The Bertz CT molecular complexity index is 2350. The molecule has 0 atom stereocenters. The number of piperazine rings is 2. The molecule has 3 fully saturated rings. The van der Waals surface area contributed by atoms with Gasteiger partial charge in [0.15, 0.2) is 11.6 Å². The lowest BCUT2D eigenvalue weighted by atomic mass is 10.1. The first-order valence-corrected chi connectivity index (χ1v) is 20.9. The zero-order valence-electron chi connectivity index (χ0n) is 33.7. The third-order valence-electron chi connectivity index (χ3n) is 11.2. The Hall–Kier alpha value is -6.12. The number of hydrogen-bond acceptors (Lipinski definition) is 9. The predicted octanol–water partition coefficient (Wildman–Crippen LogP) is 7.87. The lowest BCUT2D eigenvalue weighted by molar-refractivity contribution is 0.0739. The molecule has 14 heteroatoms. The molecular formula is C46H46BrF2N7O4. The van der Waals surface area contributed by atoms with Gasteiger partial charge in [0.1, 0.15) is 11.6 Å². The van der Waals surface area contributed by atoms with Crippen LogP contribution in [0.15, 0.2) is 77.3 Å². The van der Waals surface area contributed by atoms with Crippen LogP contribution in [0.4, 0.5) is 25.8 Å². The average Bonchev–Trinajstić information content (AvgIpc) is 3.56. The topological polar surface area (TPSA) is 132 Å². The fraction of sp³-hybridized carbons (Fsp3) is 0.348. The Morgan fingerprint density at radius 1 is 0.517 bits per heavy atom. The molecule has 60 heavy (non-hydrogen) atoms. The number of Topliss-reactive ketones (excluding diaryl/α,β-unsaturated/α-hetero) is 2. The average molecular weight is 879 g/mol. The smallest absolute Gasteiger partial charge is 0.256 e. The van der Waals surface area contributed by atoms with E-state index in [0.29, 0.717) is 102 Å². The number of hydrogen-bond donors (Lipinski definition) is 0. The minimum atomic E-state index is -0.438. The lowest BCUT2D eigenvalue weighted by Gasteiger charge is -2.37. The van der Waals surface area contributed by atoms with Gasteiger partial charge in [-0.05, 0) is 115 Å². The quantitative estimate of drug-likeness (QED) is 0.170. The molecule has 4 aromatic rings. The van der Waals surface area contributed by atoms with E-state index in [-0.39, 0.29) is 23.4 Å². The van der Waals surface area contributed by atoms with Crippen molar-refractivity contribution in [2.75, 3.05) is 80.1 Å². The summed E-state index contributed by atoms with van der Waals surface area (Å²) in [6.07, 6.45) is 4.59. The number of nitrogens with zero attached hydrogens (tertiary/aromatic N) is 7. The van der Waals surface area contributed by atoms with Gasteiger partial charge in [-0.2, -0.15) is 10.5 Å². The van der Waals surface area contributed by atoms with Gasteiger partial charge in [-0.3, -0.25) is 19.2 Å². The molecule has 0 radical (unpaired) electrons. The van der Waals surface area contributed by atoms with E-state index in [1.165, 1.54) is 38.8 Å². The maximum Gasteiger partial charge on any atom is 0.256 e. The van der Waals surface area contributed by atoms with E-state index in [1.54, 1.807) is 64.4 Å². The lowest BCUT2D eigenvalue weighted by Crippen LogP contribution is -2.49. The third-order valence-corrected chi connectivity index (χ3v) is 11.8. The van der Waals surface area contributed by atoms with Crippen LogP contribution in [0.25, 0.3) is 0 Å². The fourth-order valence-corrected chi connectivity index (χ4v) is 8.15. The zero-order valence-corrected chi connectivity index (χ0v) is 35.3. The Kier molecular flexibility index (Phi) is 14.3. The van der Waals surface area contributed by atoms with E-state index in [4.69, 9.17) is 5.26 Å². The molecule has 0 aliphatic carbocycles. The largest absolute Gasteiger partial charge is 0.371 e. The van der Waals surface area contributed by atoms with Crippen molar-refractivity contribution in [1.29, 1.82) is 10.5 Å². The molecule has 310 valence electrons. The first-order valence-electron chi connectivity index (χ1n) is 20.1. The minimum Gasteiger partial charge on any atom is -0.371 e. The van der Waals surface area contributed by atoms with Crippen molar-refractivity contribution in [2.45, 2.75) is 39.5 Å². The molecule has 7 rings (SSSR count). The van der Waals surface area contributed by atoms with Gasteiger partial charge in [-0.25, -0.2) is 8.78 Å². The van der Waals surface area contributed by atoms with Gasteiger partial charge in [-0.1, -0.05) is 12.8 Å². The Balaban J connectivity index is 0.000000205. The number of rotatable bonds is 7. The molecule has 2 amide bonds. The number of anilines is 3. The highest BCUT2D eigenvalue weighted by atomic mass is 79.9. The van der Waals surface area contributed by atoms with Crippen LogP contribution in [-0.4, -0.2) is 98.6 Å². The maximum absolute atomic E-state index is 14.6. The van der Waals surface area contributed by atoms with Gasteiger partial charge in [0, 0.05) is 86.7 Å². The monoisotopic (exact) mass is 877 g/mol. The second-order valence-corrected chi connectivity index (χ2v) is 15.9. The van der Waals surface area contributed by atoms with Gasteiger partial charge < -0.3 is 24.5 Å². The summed E-state index contributed by atoms with van der Waals surface area (Å²) in [5, 5.41) is 18.4. The summed E-state index contributed by atoms with van der Waals surface area (Å²) in [7, 11) is 0. The highest BCUT2D eigenvalue weighted by Gasteiger charge is 2.28. The van der Waals surface area contributed by atoms with Crippen LogP contribution in [0.1, 0.15) is 92.1 Å². The van der Waals surface area contributed by atoms with E-state index < -0.39 is 11.6 Å². The summed E-state index contributed by atoms with van der Waals surface area (Å²) in [5.74, 6) is -1.46. The van der Waals surface area contributed by atoms with Crippen molar-refractivity contribution in [3.05, 3.63) is 122 Å². The van der Waals surface area contributed by atoms with Crippen LogP contribution < -0.4 is 14.7 Å². The molecule has 11 nitrogen and oxygen atoms in total. The van der Waals surface area contributed by atoms with Crippen LogP contribution in [0.5, 0.6) is 0 Å². The summed E-state index contributed by atoms with van der Waals surface area (Å²) in [6.45, 7) is 8.41. The van der Waals surface area contributed by atoms with Crippen LogP contribution in [0, 0.1) is 34.3 Å². The summed E-state index contributed by atoms with van der Waals surface area (Å²) < 4.78 is 29.6. The summed E-state index contributed by atoms with van der Waals surface area (Å²) >= 11 is 3.36. The summed E-state index contributed by atoms with van der Waals surface area (Å²) in [5.41, 5.74) is 4.38. The van der Waals surface area contributed by atoms with Crippen LogP contribution in [-0.2, 0) is 0 Å². The molecule has 3 heterocycles. The van der Waals surface area contributed by atoms with E-state index in [9.17, 15) is 33.2 Å². The van der Waals surface area contributed by atoms with Gasteiger partial charge in [0.2, 0.25) is 0 Å². The number of benzene rings is 4. The molecule has 4 aromatic carbocycles. The van der Waals surface area contributed by atoms with Crippen LogP contribution in [0.2, 0.25) is 0 Å². The van der Waals surface area contributed by atoms with Crippen molar-refractivity contribution in [3.8, 4) is 12.1 Å². The van der Waals surface area contributed by atoms with Gasteiger partial charge >= 0.3 is 0 Å². The van der Waals surface area contributed by atoms with Crippen LogP contribution >= 0.6 is 15.9 Å². The normalized spacial score (nSPS) is 15.6. The molecule has 0 aromatic heterocycles. The van der Waals surface area contributed by atoms with Gasteiger partial charge in [0.05, 0.1) is 45.8 Å². The molecule has 3 aliphatic heterocycles.